The Kier molecular flexibility index (Phi) is 7.34. The average molecular weight is 384 g/mol. The zero-order chi connectivity index (χ0) is 18.3. The van der Waals surface area contributed by atoms with Gasteiger partial charge >= 0.3 is 0 Å². The Morgan fingerprint density at radius 3 is 2.40 bits per heavy atom. The van der Waals surface area contributed by atoms with E-state index in [1.807, 2.05) is 6.92 Å². The van der Waals surface area contributed by atoms with Crippen LogP contribution in [0.15, 0.2) is 29.2 Å². The van der Waals surface area contributed by atoms with Crippen LogP contribution >= 0.6 is 12.2 Å². The van der Waals surface area contributed by atoms with E-state index in [1.165, 1.54) is 18.6 Å². The first kappa shape index (κ1) is 19.8. The molecule has 0 aromatic heterocycles. The Bertz CT molecular complexity index is 696. The van der Waals surface area contributed by atoms with E-state index in [0.29, 0.717) is 12.2 Å². The van der Waals surface area contributed by atoms with Gasteiger partial charge in [-0.05, 0) is 55.7 Å². The van der Waals surface area contributed by atoms with Crippen molar-refractivity contribution in [3.8, 4) is 0 Å². The third-order valence-electron chi connectivity index (χ3n) is 4.18. The number of benzene rings is 1. The van der Waals surface area contributed by atoms with E-state index in [1.54, 1.807) is 12.1 Å². The first-order valence-electron chi connectivity index (χ1n) is 8.64. The molecule has 6 nitrogen and oxygen atoms in total. The molecule has 2 rings (SSSR count). The summed E-state index contributed by atoms with van der Waals surface area (Å²) in [4.78, 5) is 12.4. The minimum atomic E-state index is -3.48. The Balaban J connectivity index is 1.89. The number of hydrogen-bond donors (Lipinski definition) is 3. The van der Waals surface area contributed by atoms with Crippen LogP contribution in [0.25, 0.3) is 0 Å². The number of sulfonamides is 1. The van der Waals surface area contributed by atoms with Crippen LogP contribution in [0.2, 0.25) is 0 Å². The van der Waals surface area contributed by atoms with Crippen LogP contribution in [0, 0.1) is 5.92 Å². The lowest BCUT2D eigenvalue weighted by Gasteiger charge is -2.21. The third-order valence-corrected chi connectivity index (χ3v) is 5.86. The fourth-order valence-electron chi connectivity index (χ4n) is 2.78. The van der Waals surface area contributed by atoms with E-state index in [2.05, 4.69) is 15.4 Å². The van der Waals surface area contributed by atoms with Crippen LogP contribution in [0.4, 0.5) is 5.69 Å². The summed E-state index contributed by atoms with van der Waals surface area (Å²) in [5.41, 5.74) is 0.628. The molecule has 1 aromatic carbocycles. The smallest absolute Gasteiger partial charge is 0.240 e. The van der Waals surface area contributed by atoms with Gasteiger partial charge in [-0.1, -0.05) is 26.2 Å². The normalized spacial score (nSPS) is 15.6. The molecule has 138 valence electrons. The molecule has 1 amide bonds. The van der Waals surface area contributed by atoms with Crippen molar-refractivity contribution in [3.05, 3.63) is 24.3 Å². The summed E-state index contributed by atoms with van der Waals surface area (Å²) in [7, 11) is -3.48. The molecule has 25 heavy (non-hydrogen) atoms. The number of carbonyl (C=O) groups is 1. The Morgan fingerprint density at radius 1 is 1.16 bits per heavy atom. The highest BCUT2D eigenvalue weighted by molar-refractivity contribution is 7.89. The molecule has 1 aliphatic carbocycles. The van der Waals surface area contributed by atoms with Crippen molar-refractivity contribution in [1.29, 1.82) is 0 Å². The maximum absolute atomic E-state index is 12.2. The maximum Gasteiger partial charge on any atom is 0.240 e. The largest absolute Gasteiger partial charge is 0.332 e. The number of carbonyl (C=O) groups excluding carboxylic acids is 1. The fraction of sp³-hybridized carbons (Fsp3) is 0.529. The molecular formula is C17H25N3O3S2. The predicted molar refractivity (Wildman–Crippen MR) is 103 cm³/mol. The van der Waals surface area contributed by atoms with Crippen LogP contribution in [0.5, 0.6) is 0 Å². The van der Waals surface area contributed by atoms with Gasteiger partial charge < -0.3 is 10.6 Å². The van der Waals surface area contributed by atoms with Crippen molar-refractivity contribution < 1.29 is 13.2 Å². The second kappa shape index (κ2) is 9.26. The Hall–Kier alpha value is -1.51. The van der Waals surface area contributed by atoms with Gasteiger partial charge in [0.05, 0.1) is 4.90 Å². The molecule has 1 fully saturated rings. The van der Waals surface area contributed by atoms with E-state index in [9.17, 15) is 13.2 Å². The van der Waals surface area contributed by atoms with E-state index in [-0.39, 0.29) is 21.8 Å². The van der Waals surface area contributed by atoms with Gasteiger partial charge in [0.1, 0.15) is 0 Å². The zero-order valence-electron chi connectivity index (χ0n) is 14.4. The number of rotatable bonds is 6. The number of thiocarbonyl (C=S) groups is 1. The third kappa shape index (κ3) is 6.05. The topological polar surface area (TPSA) is 87.3 Å². The first-order valence-corrected chi connectivity index (χ1v) is 10.5. The van der Waals surface area contributed by atoms with Crippen molar-refractivity contribution in [3.63, 3.8) is 0 Å². The van der Waals surface area contributed by atoms with E-state index in [0.717, 1.165) is 32.1 Å². The molecule has 0 saturated heterocycles. The summed E-state index contributed by atoms with van der Waals surface area (Å²) >= 11 is 5.17. The first-order chi connectivity index (χ1) is 11.9. The van der Waals surface area contributed by atoms with Gasteiger partial charge in [0.15, 0.2) is 5.11 Å². The van der Waals surface area contributed by atoms with Crippen LogP contribution in [0.3, 0.4) is 0 Å². The van der Waals surface area contributed by atoms with Gasteiger partial charge in [-0.25, -0.2) is 13.1 Å². The fourth-order valence-corrected chi connectivity index (χ4v) is 4.13. The standard InChI is InChI=1S/C17H25N3O3S2/c1-2-12-18-25(22,23)15-10-8-14(9-11-15)19-17(24)20-16(21)13-6-4-3-5-7-13/h8-11,13,18H,2-7,12H2,1H3,(H2,19,20,21,24). The highest BCUT2D eigenvalue weighted by Crippen LogP contribution is 2.23. The lowest BCUT2D eigenvalue weighted by molar-refractivity contribution is -0.124. The summed E-state index contributed by atoms with van der Waals surface area (Å²) in [6, 6.07) is 6.26. The molecule has 1 saturated carbocycles. The molecule has 0 atom stereocenters. The number of hydrogen-bond acceptors (Lipinski definition) is 4. The van der Waals surface area contributed by atoms with Gasteiger partial charge in [-0.2, -0.15) is 0 Å². The lowest BCUT2D eigenvalue weighted by atomic mass is 9.89. The molecule has 0 unspecified atom stereocenters. The van der Waals surface area contributed by atoms with Gasteiger partial charge in [-0.15, -0.1) is 0 Å². The summed E-state index contributed by atoms with van der Waals surface area (Å²) in [5, 5.41) is 5.87. The van der Waals surface area contributed by atoms with Gasteiger partial charge in [-0.3, -0.25) is 4.79 Å². The summed E-state index contributed by atoms with van der Waals surface area (Å²) < 4.78 is 26.6. The Labute approximate surface area is 154 Å². The van der Waals surface area contributed by atoms with Crippen LogP contribution < -0.4 is 15.4 Å². The minimum absolute atomic E-state index is 0.0330. The van der Waals surface area contributed by atoms with Gasteiger partial charge in [0.2, 0.25) is 15.9 Å². The predicted octanol–water partition coefficient (Wildman–Crippen LogP) is 2.77. The van der Waals surface area contributed by atoms with Crippen LogP contribution in [-0.2, 0) is 14.8 Å². The molecule has 0 heterocycles. The quantitative estimate of drug-likeness (QED) is 0.658. The highest BCUT2D eigenvalue weighted by atomic mass is 32.2. The van der Waals surface area contributed by atoms with E-state index < -0.39 is 10.0 Å². The highest BCUT2D eigenvalue weighted by Gasteiger charge is 2.21. The summed E-state index contributed by atoms with van der Waals surface area (Å²) in [5.74, 6) is -0.00850. The summed E-state index contributed by atoms with van der Waals surface area (Å²) in [6.07, 6.45) is 5.90. The van der Waals surface area contributed by atoms with Crippen molar-refractivity contribution in [2.45, 2.75) is 50.3 Å². The molecule has 0 spiro atoms. The molecule has 0 aliphatic heterocycles. The lowest BCUT2D eigenvalue weighted by Crippen LogP contribution is -2.39. The molecule has 3 N–H and O–H groups in total. The zero-order valence-corrected chi connectivity index (χ0v) is 16.0. The van der Waals surface area contributed by atoms with Gasteiger partial charge in [0, 0.05) is 18.2 Å². The molecule has 0 bridgehead atoms. The summed E-state index contributed by atoms with van der Waals surface area (Å²) in [6.45, 7) is 2.30. The second-order valence-corrected chi connectivity index (χ2v) is 8.38. The van der Waals surface area contributed by atoms with Crippen molar-refractivity contribution in [1.82, 2.24) is 10.0 Å². The van der Waals surface area contributed by atoms with Crippen molar-refractivity contribution in [2.24, 2.45) is 5.92 Å². The van der Waals surface area contributed by atoms with Crippen LogP contribution in [-0.4, -0.2) is 26.0 Å². The SMILES string of the molecule is CCCNS(=O)(=O)c1ccc(NC(=S)NC(=O)C2CCCCC2)cc1. The average Bonchev–Trinajstić information content (AvgIpc) is 2.61. The van der Waals surface area contributed by atoms with Crippen LogP contribution in [0.1, 0.15) is 45.4 Å². The van der Waals surface area contributed by atoms with Crippen molar-refractivity contribution >= 4 is 38.9 Å². The minimum Gasteiger partial charge on any atom is -0.332 e. The Morgan fingerprint density at radius 2 is 1.80 bits per heavy atom. The van der Waals surface area contributed by atoms with E-state index >= 15 is 0 Å². The monoisotopic (exact) mass is 383 g/mol. The number of anilines is 1. The molecule has 0 radical (unpaired) electrons. The van der Waals surface area contributed by atoms with Crippen molar-refractivity contribution in [2.75, 3.05) is 11.9 Å². The van der Waals surface area contributed by atoms with E-state index in [4.69, 9.17) is 12.2 Å². The number of amides is 1. The molecule has 1 aliphatic rings. The molecular weight excluding hydrogens is 358 g/mol. The van der Waals surface area contributed by atoms with Gasteiger partial charge in [0.25, 0.3) is 0 Å². The molecule has 1 aromatic rings. The number of nitrogens with one attached hydrogen (secondary N) is 3. The maximum atomic E-state index is 12.2. The second-order valence-electron chi connectivity index (χ2n) is 6.20. The molecule has 8 heteroatoms.